The highest BCUT2D eigenvalue weighted by Gasteiger charge is 2.26. The van der Waals surface area contributed by atoms with Crippen LogP contribution in [0.3, 0.4) is 0 Å². The molecule has 6 nitrogen and oxygen atoms in total. The zero-order valence-corrected chi connectivity index (χ0v) is 15.7. The van der Waals surface area contributed by atoms with Crippen LogP contribution in [0.25, 0.3) is 10.9 Å². The maximum Gasteiger partial charge on any atom is 0.226 e. The van der Waals surface area contributed by atoms with E-state index in [1.54, 1.807) is 0 Å². The van der Waals surface area contributed by atoms with Gasteiger partial charge in [0, 0.05) is 29.7 Å². The Morgan fingerprint density at radius 2 is 2.15 bits per heavy atom. The molecule has 0 bridgehead atoms. The zero-order valence-electron chi connectivity index (χ0n) is 14.9. The molecular weight excluding hydrogens is 350 g/mol. The Labute approximate surface area is 157 Å². The van der Waals surface area contributed by atoms with Crippen LogP contribution < -0.4 is 15.0 Å². The van der Waals surface area contributed by atoms with Crippen LogP contribution in [0.15, 0.2) is 30.5 Å². The van der Waals surface area contributed by atoms with Gasteiger partial charge in [0.15, 0.2) is 11.6 Å². The predicted molar refractivity (Wildman–Crippen MR) is 106 cm³/mol. The lowest BCUT2D eigenvalue weighted by molar-refractivity contribution is 0.300. The summed E-state index contributed by atoms with van der Waals surface area (Å²) in [5.74, 6) is 2.11. The van der Waals surface area contributed by atoms with Gasteiger partial charge >= 0.3 is 0 Å². The fraction of sp³-hybridized carbons (Fsp3) is 0.368. The Hall–Kier alpha value is -2.47. The van der Waals surface area contributed by atoms with Gasteiger partial charge in [0.2, 0.25) is 11.0 Å². The molecule has 0 atom stereocenters. The molecule has 0 amide bonds. The minimum Gasteiger partial charge on any atom is -0.485 e. The van der Waals surface area contributed by atoms with E-state index in [1.807, 2.05) is 6.07 Å². The number of hydrogen-bond acceptors (Lipinski definition) is 5. The number of aromatic nitrogens is 3. The van der Waals surface area contributed by atoms with Gasteiger partial charge in [0.1, 0.15) is 6.61 Å². The molecule has 0 radical (unpaired) electrons. The van der Waals surface area contributed by atoms with Crippen molar-refractivity contribution < 1.29 is 4.74 Å². The van der Waals surface area contributed by atoms with E-state index in [-0.39, 0.29) is 5.28 Å². The smallest absolute Gasteiger partial charge is 0.226 e. The van der Waals surface area contributed by atoms with E-state index in [2.05, 4.69) is 63.4 Å². The normalized spacial score (nSPS) is 13.8. The molecule has 1 aliphatic heterocycles. The SMILES string of the molecule is CC(C)N1CCOc2c(NCCc3c[nH]c4ccccc34)nc(Cl)nc21. The first-order chi connectivity index (χ1) is 12.6. The second kappa shape index (κ2) is 7.03. The third-order valence-electron chi connectivity index (χ3n) is 4.66. The number of H-pyrrole nitrogens is 1. The lowest BCUT2D eigenvalue weighted by Crippen LogP contribution is -2.39. The number of anilines is 2. The summed E-state index contributed by atoms with van der Waals surface area (Å²) < 4.78 is 5.85. The highest BCUT2D eigenvalue weighted by Crippen LogP contribution is 2.37. The van der Waals surface area contributed by atoms with Crippen LogP contribution in [-0.4, -0.2) is 40.7 Å². The van der Waals surface area contributed by atoms with Crippen LogP contribution in [0.5, 0.6) is 5.75 Å². The quantitative estimate of drug-likeness (QED) is 0.666. The molecule has 3 aromatic rings. The molecule has 4 rings (SSSR count). The molecule has 0 saturated heterocycles. The van der Waals surface area contributed by atoms with Crippen LogP contribution in [0.2, 0.25) is 5.28 Å². The lowest BCUT2D eigenvalue weighted by Gasteiger charge is -2.33. The Bertz CT molecular complexity index is 923. The van der Waals surface area contributed by atoms with E-state index in [9.17, 15) is 0 Å². The van der Waals surface area contributed by atoms with E-state index >= 15 is 0 Å². The fourth-order valence-electron chi connectivity index (χ4n) is 3.37. The lowest BCUT2D eigenvalue weighted by atomic mass is 10.1. The summed E-state index contributed by atoms with van der Waals surface area (Å²) >= 11 is 6.16. The van der Waals surface area contributed by atoms with E-state index < -0.39 is 0 Å². The van der Waals surface area contributed by atoms with E-state index in [4.69, 9.17) is 16.3 Å². The summed E-state index contributed by atoms with van der Waals surface area (Å²) in [6.07, 6.45) is 2.93. The number of fused-ring (bicyclic) bond motifs is 2. The van der Waals surface area contributed by atoms with Crippen LogP contribution in [0.4, 0.5) is 11.6 Å². The molecule has 26 heavy (non-hydrogen) atoms. The molecule has 0 fully saturated rings. The first-order valence-electron chi connectivity index (χ1n) is 8.89. The first-order valence-corrected chi connectivity index (χ1v) is 9.27. The maximum atomic E-state index is 6.16. The van der Waals surface area contributed by atoms with E-state index in [0.29, 0.717) is 24.2 Å². The van der Waals surface area contributed by atoms with Gasteiger partial charge in [-0.1, -0.05) is 18.2 Å². The average molecular weight is 372 g/mol. The van der Waals surface area contributed by atoms with Gasteiger partial charge < -0.3 is 19.9 Å². The van der Waals surface area contributed by atoms with E-state index in [0.717, 1.165) is 30.8 Å². The van der Waals surface area contributed by atoms with Crippen molar-refractivity contribution in [3.63, 3.8) is 0 Å². The number of hydrogen-bond donors (Lipinski definition) is 2. The molecule has 0 aliphatic carbocycles. The highest BCUT2D eigenvalue weighted by molar-refractivity contribution is 6.28. The molecule has 2 N–H and O–H groups in total. The molecule has 136 valence electrons. The van der Waals surface area contributed by atoms with Crippen molar-refractivity contribution in [3.05, 3.63) is 41.3 Å². The van der Waals surface area contributed by atoms with E-state index in [1.165, 1.54) is 10.9 Å². The second-order valence-corrected chi connectivity index (χ2v) is 7.00. The molecule has 0 spiro atoms. The zero-order chi connectivity index (χ0) is 18.1. The van der Waals surface area contributed by atoms with Gasteiger partial charge in [0.25, 0.3) is 0 Å². The molecule has 0 saturated carbocycles. The van der Waals surface area contributed by atoms with Crippen molar-refractivity contribution in [1.29, 1.82) is 0 Å². The number of aromatic amines is 1. The molecule has 0 unspecified atom stereocenters. The number of para-hydroxylation sites is 1. The first kappa shape index (κ1) is 17.0. The molecule has 3 heterocycles. The van der Waals surface area contributed by atoms with Crippen LogP contribution in [-0.2, 0) is 6.42 Å². The summed E-state index contributed by atoms with van der Waals surface area (Å²) in [7, 11) is 0. The Kier molecular flexibility index (Phi) is 4.59. The van der Waals surface area contributed by atoms with Gasteiger partial charge in [-0.25, -0.2) is 0 Å². The predicted octanol–water partition coefficient (Wildman–Crippen LogP) is 3.87. The standard InChI is InChI=1S/C19H22ClN5O/c1-12(2)25-9-10-26-16-17(23-19(20)24-18(16)25)21-8-7-13-11-22-15-6-4-3-5-14(13)15/h3-6,11-12,22H,7-10H2,1-2H3,(H,21,23,24). The van der Waals surface area contributed by atoms with Crippen molar-refractivity contribution in [1.82, 2.24) is 15.0 Å². The highest BCUT2D eigenvalue weighted by atomic mass is 35.5. The van der Waals surface area contributed by atoms with Gasteiger partial charge in [-0.05, 0) is 43.5 Å². The molecule has 2 aromatic heterocycles. The summed E-state index contributed by atoms with van der Waals surface area (Å²) in [4.78, 5) is 14.2. The van der Waals surface area contributed by atoms with Gasteiger partial charge in [-0.15, -0.1) is 0 Å². The number of halogens is 1. The van der Waals surface area contributed by atoms with Crippen molar-refractivity contribution in [2.45, 2.75) is 26.3 Å². The minimum atomic E-state index is 0.231. The molecular formula is C19H22ClN5O. The van der Waals surface area contributed by atoms with Crippen LogP contribution in [0, 0.1) is 0 Å². The monoisotopic (exact) mass is 371 g/mol. The Morgan fingerprint density at radius 1 is 1.31 bits per heavy atom. The summed E-state index contributed by atoms with van der Waals surface area (Å²) in [5.41, 5.74) is 2.42. The molecule has 1 aromatic carbocycles. The number of rotatable bonds is 5. The van der Waals surface area contributed by atoms with Crippen molar-refractivity contribution in [3.8, 4) is 5.75 Å². The third kappa shape index (κ3) is 3.17. The van der Waals surface area contributed by atoms with Gasteiger partial charge in [0.05, 0.1) is 6.54 Å². The number of benzene rings is 1. The largest absolute Gasteiger partial charge is 0.485 e. The summed E-state index contributed by atoms with van der Waals surface area (Å²) in [5, 5.41) is 4.86. The average Bonchev–Trinajstić information content (AvgIpc) is 3.04. The minimum absolute atomic E-state index is 0.231. The molecule has 7 heteroatoms. The number of ether oxygens (including phenoxy) is 1. The summed E-state index contributed by atoms with van der Waals surface area (Å²) in [6, 6.07) is 8.63. The second-order valence-electron chi connectivity index (χ2n) is 6.67. The van der Waals surface area contributed by atoms with Crippen molar-refractivity contribution in [2.24, 2.45) is 0 Å². The van der Waals surface area contributed by atoms with Gasteiger partial charge in [-0.2, -0.15) is 9.97 Å². The fourth-order valence-corrected chi connectivity index (χ4v) is 3.53. The number of nitrogens with one attached hydrogen (secondary N) is 2. The topological polar surface area (TPSA) is 66.1 Å². The summed E-state index contributed by atoms with van der Waals surface area (Å²) in [6.45, 7) is 6.41. The number of nitrogens with zero attached hydrogens (tertiary/aromatic N) is 3. The third-order valence-corrected chi connectivity index (χ3v) is 4.83. The van der Waals surface area contributed by atoms with Crippen molar-refractivity contribution in [2.75, 3.05) is 29.9 Å². The van der Waals surface area contributed by atoms with Crippen LogP contribution >= 0.6 is 11.6 Å². The van der Waals surface area contributed by atoms with Crippen molar-refractivity contribution >= 4 is 34.1 Å². The van der Waals surface area contributed by atoms with Crippen LogP contribution in [0.1, 0.15) is 19.4 Å². The Morgan fingerprint density at radius 3 is 3.00 bits per heavy atom. The Balaban J connectivity index is 1.53. The maximum absolute atomic E-state index is 6.16. The van der Waals surface area contributed by atoms with Gasteiger partial charge in [-0.3, -0.25) is 0 Å². The molecule has 1 aliphatic rings.